The lowest BCUT2D eigenvalue weighted by atomic mass is 9.83. The van der Waals surface area contributed by atoms with E-state index in [-0.39, 0.29) is 5.88 Å². The zero-order chi connectivity index (χ0) is 13.0. The number of rotatable bonds is 6. The Labute approximate surface area is 107 Å². The van der Waals surface area contributed by atoms with Crippen LogP contribution in [-0.4, -0.2) is 11.5 Å². The summed E-state index contributed by atoms with van der Waals surface area (Å²) in [7, 11) is 0. The minimum Gasteiger partial charge on any atom is -0.404 e. The minimum absolute atomic E-state index is 0.183. The molecule has 2 rings (SSSR count). The number of nitro groups is 1. The van der Waals surface area contributed by atoms with E-state index in [0.717, 1.165) is 6.54 Å². The van der Waals surface area contributed by atoms with Crippen LogP contribution in [0.3, 0.4) is 0 Å². The molecule has 1 N–H and O–H groups in total. The van der Waals surface area contributed by atoms with Gasteiger partial charge in [-0.2, -0.15) is 0 Å². The molecular weight excluding hydrogens is 232 g/mol. The summed E-state index contributed by atoms with van der Waals surface area (Å²) in [4.78, 5) is 9.98. The van der Waals surface area contributed by atoms with Crippen molar-refractivity contribution in [3.8, 4) is 0 Å². The van der Waals surface area contributed by atoms with Gasteiger partial charge in [-0.25, -0.2) is 0 Å². The van der Waals surface area contributed by atoms with E-state index in [9.17, 15) is 10.1 Å². The topological polar surface area (TPSA) is 68.3 Å². The molecule has 0 spiro atoms. The third kappa shape index (κ3) is 2.90. The van der Waals surface area contributed by atoms with E-state index in [2.05, 4.69) is 12.2 Å². The maximum atomic E-state index is 10.5. The largest absolute Gasteiger partial charge is 0.433 e. The summed E-state index contributed by atoms with van der Waals surface area (Å²) in [6.45, 7) is 3.78. The molecule has 0 amide bonds. The lowest BCUT2D eigenvalue weighted by Crippen LogP contribution is -2.31. The van der Waals surface area contributed by atoms with E-state index in [1.807, 2.05) is 0 Å². The van der Waals surface area contributed by atoms with Gasteiger partial charge in [-0.05, 0) is 30.7 Å². The van der Waals surface area contributed by atoms with Gasteiger partial charge in [0.1, 0.15) is 10.7 Å². The first-order valence-corrected chi connectivity index (χ1v) is 6.59. The number of nitrogens with zero attached hydrogens (tertiary/aromatic N) is 1. The van der Waals surface area contributed by atoms with Crippen LogP contribution in [0, 0.1) is 15.5 Å². The zero-order valence-electron chi connectivity index (χ0n) is 10.8. The van der Waals surface area contributed by atoms with Crippen LogP contribution in [0.5, 0.6) is 0 Å². The lowest BCUT2D eigenvalue weighted by molar-refractivity contribution is -0.402. The molecule has 0 saturated heterocycles. The highest BCUT2D eigenvalue weighted by Crippen LogP contribution is 2.40. The second-order valence-electron chi connectivity index (χ2n) is 5.16. The van der Waals surface area contributed by atoms with Crippen molar-refractivity contribution in [2.75, 3.05) is 6.54 Å². The molecule has 100 valence electrons. The van der Waals surface area contributed by atoms with Crippen molar-refractivity contribution in [3.05, 3.63) is 28.0 Å². The first-order valence-electron chi connectivity index (χ1n) is 6.59. The Morgan fingerprint density at radius 2 is 2.17 bits per heavy atom. The van der Waals surface area contributed by atoms with Crippen LogP contribution in [0.2, 0.25) is 0 Å². The molecule has 5 heteroatoms. The average molecular weight is 252 g/mol. The second-order valence-corrected chi connectivity index (χ2v) is 5.16. The van der Waals surface area contributed by atoms with Gasteiger partial charge < -0.3 is 9.73 Å². The summed E-state index contributed by atoms with van der Waals surface area (Å²) in [5.74, 6) is 0.448. The van der Waals surface area contributed by atoms with E-state index in [0.29, 0.717) is 17.7 Å². The van der Waals surface area contributed by atoms with Gasteiger partial charge in [-0.15, -0.1) is 0 Å². The molecule has 1 aromatic rings. The highest BCUT2D eigenvalue weighted by Gasteiger charge is 2.31. The van der Waals surface area contributed by atoms with Crippen LogP contribution in [0.25, 0.3) is 0 Å². The van der Waals surface area contributed by atoms with Crippen molar-refractivity contribution >= 4 is 5.88 Å². The van der Waals surface area contributed by atoms with E-state index in [4.69, 9.17) is 4.42 Å². The number of hydrogen-bond donors (Lipinski definition) is 1. The van der Waals surface area contributed by atoms with Crippen molar-refractivity contribution in [2.24, 2.45) is 5.41 Å². The summed E-state index contributed by atoms with van der Waals surface area (Å²) < 4.78 is 5.11. The van der Waals surface area contributed by atoms with Gasteiger partial charge >= 0.3 is 5.88 Å². The Hall–Kier alpha value is -1.36. The van der Waals surface area contributed by atoms with Gasteiger partial charge in [0, 0.05) is 6.54 Å². The predicted molar refractivity (Wildman–Crippen MR) is 68.3 cm³/mol. The SMILES string of the molecule is CCC1(CNCc2ccc([N+](=O)[O-])o2)CCCC1. The number of furan rings is 1. The third-order valence-corrected chi connectivity index (χ3v) is 4.04. The summed E-state index contributed by atoms with van der Waals surface area (Å²) in [6.07, 6.45) is 6.41. The Morgan fingerprint density at radius 1 is 1.44 bits per heavy atom. The van der Waals surface area contributed by atoms with Crippen molar-refractivity contribution in [2.45, 2.75) is 45.6 Å². The van der Waals surface area contributed by atoms with Crippen LogP contribution in [0.1, 0.15) is 44.8 Å². The molecule has 1 aliphatic rings. The quantitative estimate of drug-likeness (QED) is 0.623. The van der Waals surface area contributed by atoms with Gasteiger partial charge in [-0.1, -0.05) is 19.8 Å². The molecule has 1 aromatic heterocycles. The van der Waals surface area contributed by atoms with Gasteiger partial charge in [0.25, 0.3) is 0 Å². The molecule has 0 radical (unpaired) electrons. The summed E-state index contributed by atoms with van der Waals surface area (Å²) in [5, 5.41) is 13.9. The maximum absolute atomic E-state index is 10.5. The second kappa shape index (κ2) is 5.52. The molecule has 0 aliphatic heterocycles. The molecule has 18 heavy (non-hydrogen) atoms. The van der Waals surface area contributed by atoms with Gasteiger partial charge in [0.05, 0.1) is 12.6 Å². The Bertz CT molecular complexity index is 408. The highest BCUT2D eigenvalue weighted by molar-refractivity contribution is 5.17. The number of nitrogens with one attached hydrogen (secondary N) is 1. The average Bonchev–Trinajstić information content (AvgIpc) is 2.98. The van der Waals surface area contributed by atoms with E-state index in [1.54, 1.807) is 6.07 Å². The first-order chi connectivity index (χ1) is 8.65. The summed E-state index contributed by atoms with van der Waals surface area (Å²) in [6, 6.07) is 3.07. The standard InChI is InChI=1S/C13H20N2O3/c1-2-13(7-3-4-8-13)10-14-9-11-5-6-12(18-11)15(16)17/h5-6,14H,2-4,7-10H2,1H3. The van der Waals surface area contributed by atoms with E-state index < -0.39 is 4.92 Å². The molecule has 0 unspecified atom stereocenters. The Morgan fingerprint density at radius 3 is 2.72 bits per heavy atom. The van der Waals surface area contributed by atoms with Crippen molar-refractivity contribution < 1.29 is 9.34 Å². The first kappa shape index (κ1) is 13.1. The minimum atomic E-state index is -0.506. The fourth-order valence-corrected chi connectivity index (χ4v) is 2.79. The van der Waals surface area contributed by atoms with Gasteiger partial charge in [0.2, 0.25) is 0 Å². The fraction of sp³-hybridized carbons (Fsp3) is 0.692. The Balaban J connectivity index is 1.82. The molecule has 0 bridgehead atoms. The van der Waals surface area contributed by atoms with Crippen LogP contribution >= 0.6 is 0 Å². The predicted octanol–water partition coefficient (Wildman–Crippen LogP) is 3.25. The molecule has 1 heterocycles. The number of hydrogen-bond acceptors (Lipinski definition) is 4. The van der Waals surface area contributed by atoms with E-state index >= 15 is 0 Å². The Kier molecular flexibility index (Phi) is 4.01. The van der Waals surface area contributed by atoms with Crippen molar-refractivity contribution in [1.82, 2.24) is 5.32 Å². The molecule has 0 atom stereocenters. The van der Waals surface area contributed by atoms with Gasteiger partial charge in [-0.3, -0.25) is 10.1 Å². The monoisotopic (exact) mass is 252 g/mol. The van der Waals surface area contributed by atoms with Crippen molar-refractivity contribution in [1.29, 1.82) is 0 Å². The zero-order valence-corrected chi connectivity index (χ0v) is 10.8. The van der Waals surface area contributed by atoms with Crippen molar-refractivity contribution in [3.63, 3.8) is 0 Å². The molecule has 5 nitrogen and oxygen atoms in total. The van der Waals surface area contributed by atoms with Gasteiger partial charge in [0.15, 0.2) is 0 Å². The van der Waals surface area contributed by atoms with Crippen LogP contribution in [-0.2, 0) is 6.54 Å². The maximum Gasteiger partial charge on any atom is 0.433 e. The summed E-state index contributed by atoms with van der Waals surface area (Å²) in [5.41, 5.74) is 0.429. The molecule has 1 saturated carbocycles. The highest BCUT2D eigenvalue weighted by atomic mass is 16.6. The van der Waals surface area contributed by atoms with Crippen LogP contribution in [0.15, 0.2) is 16.5 Å². The van der Waals surface area contributed by atoms with E-state index in [1.165, 1.54) is 38.2 Å². The third-order valence-electron chi connectivity index (χ3n) is 4.04. The molecule has 1 aliphatic carbocycles. The van der Waals surface area contributed by atoms with Crippen LogP contribution < -0.4 is 5.32 Å². The molecule has 0 aromatic carbocycles. The smallest absolute Gasteiger partial charge is 0.404 e. The lowest BCUT2D eigenvalue weighted by Gasteiger charge is -2.27. The molecular formula is C13H20N2O3. The fourth-order valence-electron chi connectivity index (χ4n) is 2.79. The summed E-state index contributed by atoms with van der Waals surface area (Å²) >= 11 is 0. The molecule has 1 fully saturated rings. The normalized spacial score (nSPS) is 18.1. The van der Waals surface area contributed by atoms with Crippen LogP contribution in [0.4, 0.5) is 5.88 Å².